The van der Waals surface area contributed by atoms with Crippen LogP contribution >= 0.6 is 23.5 Å². The van der Waals surface area contributed by atoms with Gasteiger partial charge >= 0.3 is 12.2 Å². The van der Waals surface area contributed by atoms with Crippen LogP contribution in [0.4, 0.5) is 9.59 Å². The molecule has 0 fully saturated rings. The van der Waals surface area contributed by atoms with Gasteiger partial charge in [0.15, 0.2) is 30.8 Å². The second-order valence-electron chi connectivity index (χ2n) is 13.4. The molecule has 0 saturated heterocycles. The highest BCUT2D eigenvalue weighted by molar-refractivity contribution is 8.00. The summed E-state index contributed by atoms with van der Waals surface area (Å²) in [6.45, 7) is 7.48. The quantitative estimate of drug-likeness (QED) is 0.196. The van der Waals surface area contributed by atoms with Crippen LogP contribution in [-0.4, -0.2) is 144 Å². The van der Waals surface area contributed by atoms with Crippen LogP contribution in [0.15, 0.2) is 66.2 Å². The predicted octanol–water partition coefficient (Wildman–Crippen LogP) is 3.49. The van der Waals surface area contributed by atoms with Gasteiger partial charge in [-0.15, -0.1) is 23.5 Å². The molecular weight excluding hydrogens is 789 g/mol. The fourth-order valence-electron chi connectivity index (χ4n) is 5.40. The molecular formula is C32H42N6O12S4. The van der Waals surface area contributed by atoms with Crippen molar-refractivity contribution in [3.8, 4) is 0 Å². The lowest BCUT2D eigenvalue weighted by Gasteiger charge is -2.33. The molecule has 0 bridgehead atoms. The van der Waals surface area contributed by atoms with Gasteiger partial charge in [-0.25, -0.2) is 36.4 Å². The Hall–Kier alpha value is -4.22. The van der Waals surface area contributed by atoms with Crippen molar-refractivity contribution < 1.29 is 56.3 Å². The number of hydrogen-bond donors (Lipinski definition) is 3. The van der Waals surface area contributed by atoms with Gasteiger partial charge < -0.3 is 9.84 Å². The number of carboxylic acid groups (broad SMARTS) is 1. The first-order valence-electron chi connectivity index (χ1n) is 15.5. The van der Waals surface area contributed by atoms with E-state index in [1.54, 1.807) is 39.3 Å². The summed E-state index contributed by atoms with van der Waals surface area (Å²) in [6.07, 6.45) is 2.78. The number of sulfone groups is 2. The van der Waals surface area contributed by atoms with Crippen molar-refractivity contribution in [1.82, 2.24) is 20.1 Å². The summed E-state index contributed by atoms with van der Waals surface area (Å²) in [7, 11) is -4.18. The van der Waals surface area contributed by atoms with Crippen molar-refractivity contribution in [2.75, 3.05) is 39.1 Å². The third kappa shape index (κ3) is 8.52. The van der Waals surface area contributed by atoms with Crippen LogP contribution in [0.25, 0.3) is 0 Å². The molecule has 2 aliphatic heterocycles. The second-order valence-corrected chi connectivity index (χ2v) is 19.0. The van der Waals surface area contributed by atoms with E-state index in [1.807, 2.05) is 0 Å². The van der Waals surface area contributed by atoms with Gasteiger partial charge in [-0.2, -0.15) is 20.3 Å². The molecule has 54 heavy (non-hydrogen) atoms. The van der Waals surface area contributed by atoms with E-state index in [4.69, 9.17) is 9.84 Å². The fraction of sp³-hybridized carbons (Fsp3) is 0.438. The molecule has 2 unspecified atom stereocenters. The summed E-state index contributed by atoms with van der Waals surface area (Å²) in [5.74, 6) is -1.37. The third-order valence-electron chi connectivity index (χ3n) is 8.11. The highest BCUT2D eigenvalue weighted by Gasteiger charge is 2.55. The molecule has 0 radical (unpaired) electrons. The van der Waals surface area contributed by atoms with Crippen LogP contribution in [0, 0.1) is 0 Å². The maximum absolute atomic E-state index is 12.8. The number of benzene rings is 2. The Balaban J connectivity index is 0.000000294. The Morgan fingerprint density at radius 3 is 1.41 bits per heavy atom. The molecule has 18 nitrogen and oxygen atoms in total. The molecule has 2 aromatic carbocycles. The minimum Gasteiger partial charge on any atom is -0.463 e. The van der Waals surface area contributed by atoms with Crippen LogP contribution in [0.2, 0.25) is 0 Å². The molecule has 22 heteroatoms. The first-order chi connectivity index (χ1) is 24.6. The van der Waals surface area contributed by atoms with E-state index in [0.29, 0.717) is 20.9 Å². The normalized spacial score (nSPS) is 20.2. The molecule has 3 N–H and O–H groups in total. The average Bonchev–Trinajstić information content (AvgIpc) is 3.45. The van der Waals surface area contributed by atoms with Gasteiger partial charge in [-0.05, 0) is 71.4 Å². The fourth-order valence-corrected chi connectivity index (χ4v) is 9.31. The summed E-state index contributed by atoms with van der Waals surface area (Å²) in [5, 5.41) is 39.9. The topological polar surface area (TPSA) is 244 Å². The number of thioether (sulfide) groups is 2. The minimum atomic E-state index is -3.46. The van der Waals surface area contributed by atoms with Gasteiger partial charge in [0.25, 0.3) is 11.8 Å². The van der Waals surface area contributed by atoms with E-state index in [-0.39, 0.29) is 31.3 Å². The average molecular weight is 831 g/mol. The number of hydroxylamine groups is 4. The molecule has 0 spiro atoms. The number of rotatable bonds is 8. The summed E-state index contributed by atoms with van der Waals surface area (Å²) in [4.78, 5) is 50.0. The lowest BCUT2D eigenvalue weighted by molar-refractivity contribution is -0.162. The molecule has 0 aromatic heterocycles. The van der Waals surface area contributed by atoms with E-state index in [1.165, 1.54) is 81.8 Å². The van der Waals surface area contributed by atoms with E-state index in [2.05, 4.69) is 10.2 Å². The molecule has 2 heterocycles. The molecule has 296 valence electrons. The Labute approximate surface area is 321 Å². The van der Waals surface area contributed by atoms with Crippen LogP contribution in [0.1, 0.15) is 45.7 Å². The zero-order valence-corrected chi connectivity index (χ0v) is 34.6. The molecule has 0 saturated carbocycles. The van der Waals surface area contributed by atoms with Gasteiger partial charge in [-0.3, -0.25) is 20.0 Å². The zero-order chi connectivity index (χ0) is 41.5. The monoisotopic (exact) mass is 830 g/mol. The smallest absolute Gasteiger partial charge is 0.435 e. The third-order valence-corrected chi connectivity index (χ3v) is 12.2. The molecule has 4 rings (SSSR count). The maximum atomic E-state index is 12.8. The Bertz CT molecular complexity index is 2170. The molecule has 4 amide bonds. The van der Waals surface area contributed by atoms with Gasteiger partial charge in [0.1, 0.15) is 17.0 Å². The van der Waals surface area contributed by atoms with Crippen molar-refractivity contribution in [2.45, 2.75) is 70.9 Å². The van der Waals surface area contributed by atoms with Gasteiger partial charge in [0.05, 0.1) is 9.79 Å². The van der Waals surface area contributed by atoms with E-state index in [0.717, 1.165) is 22.5 Å². The lowest BCUT2D eigenvalue weighted by Crippen LogP contribution is -2.59. The predicted molar refractivity (Wildman–Crippen MR) is 200 cm³/mol. The number of ether oxygens (including phenoxy) is 1. The van der Waals surface area contributed by atoms with Gasteiger partial charge in [0.2, 0.25) is 0 Å². The van der Waals surface area contributed by atoms with E-state index < -0.39 is 60.4 Å². The van der Waals surface area contributed by atoms with E-state index >= 15 is 0 Å². The molecule has 2 aliphatic rings. The zero-order valence-electron chi connectivity index (χ0n) is 31.3. The number of hydrazone groups is 2. The number of likely N-dealkylation sites (N-methyl/N-ethyl adjacent to an activating group) is 2. The molecule has 0 aliphatic carbocycles. The summed E-state index contributed by atoms with van der Waals surface area (Å²) in [5.41, 5.74) is -3.86. The van der Waals surface area contributed by atoms with Gasteiger partial charge in [0, 0.05) is 47.5 Å². The minimum absolute atomic E-state index is 0.000232. The molecule has 2 atom stereocenters. The summed E-state index contributed by atoms with van der Waals surface area (Å²) >= 11 is 2.41. The number of nitrogens with zero attached hydrogens (tertiary/aromatic N) is 6. The molecule has 2 aromatic rings. The number of amides is 4. The van der Waals surface area contributed by atoms with Crippen molar-refractivity contribution in [3.05, 3.63) is 47.5 Å². The maximum Gasteiger partial charge on any atom is 0.435 e. The first kappa shape index (κ1) is 44.2. The Kier molecular flexibility index (Phi) is 12.7. The van der Waals surface area contributed by atoms with Crippen molar-refractivity contribution in [2.24, 2.45) is 10.2 Å². The number of carbonyl (C=O) groups is 4. The van der Waals surface area contributed by atoms with Crippen LogP contribution in [0.5, 0.6) is 0 Å². The second kappa shape index (κ2) is 15.5. The van der Waals surface area contributed by atoms with Crippen molar-refractivity contribution >= 4 is 78.6 Å². The van der Waals surface area contributed by atoms with Crippen LogP contribution in [0.3, 0.4) is 0 Å². The largest absolute Gasteiger partial charge is 0.463 e. The Morgan fingerprint density at radius 2 is 1.11 bits per heavy atom. The van der Waals surface area contributed by atoms with Crippen molar-refractivity contribution in [3.63, 3.8) is 0 Å². The first-order valence-corrected chi connectivity index (χ1v) is 21.8. The summed E-state index contributed by atoms with van der Waals surface area (Å²) in [6, 6.07) is 8.76. The number of carbonyl (C=O) groups excluding carboxylic acids is 3. The lowest BCUT2D eigenvalue weighted by atomic mass is 9.90. The SMILES string of the molecule is CSc1cc(C2=NN(C)C(=O)C2(C)N(O)C(=O)O)ccc1S(C)(=O)=O.CSc1cc(C2=NN(C)C(=O)C2(C)N(O)C(=O)OC(C)(C)C)ccc1S(C)(=O)=O. The Morgan fingerprint density at radius 1 is 0.759 bits per heavy atom. The van der Waals surface area contributed by atoms with Crippen molar-refractivity contribution in [1.29, 1.82) is 0 Å². The summed E-state index contributed by atoms with van der Waals surface area (Å²) < 4.78 is 52.8. The van der Waals surface area contributed by atoms with Crippen LogP contribution in [-0.2, 0) is 34.0 Å². The number of hydrogen-bond acceptors (Lipinski definition) is 15. The highest BCUT2D eigenvalue weighted by Crippen LogP contribution is 2.35. The standard InChI is InChI=1S/C18H25N3O6S2.C14H17N3O6S2/c1-17(2,3)27-16(23)21(24)18(4)14(19-20(5)15(18)22)11-8-9-13(29(7,25)26)12(10-11)28-6;1-14(17(21)13(19)20)11(15-16(2)12(14)18)8-5-6-10(25(4,22)23)9(7-8)24-3/h8-10,24H,1-7H3;5-7,21H,1-4H3,(H,19,20). The van der Waals surface area contributed by atoms with E-state index in [9.17, 15) is 46.4 Å². The van der Waals surface area contributed by atoms with Crippen LogP contribution < -0.4 is 0 Å². The van der Waals surface area contributed by atoms with Gasteiger partial charge in [-0.1, -0.05) is 12.1 Å². The highest BCUT2D eigenvalue weighted by atomic mass is 32.2.